The number of nitrogens with zero attached hydrogens (tertiary/aromatic N) is 2. The van der Waals surface area contributed by atoms with Crippen LogP contribution in [0.2, 0.25) is 0 Å². The van der Waals surface area contributed by atoms with Crippen molar-refractivity contribution in [3.05, 3.63) is 78.4 Å². The Labute approximate surface area is 184 Å². The lowest BCUT2D eigenvalue weighted by Gasteiger charge is -2.13. The van der Waals surface area contributed by atoms with Crippen LogP contribution in [0.3, 0.4) is 0 Å². The fourth-order valence-corrected chi connectivity index (χ4v) is 3.81. The van der Waals surface area contributed by atoms with Crippen LogP contribution < -0.4 is 14.8 Å². The van der Waals surface area contributed by atoms with Gasteiger partial charge in [-0.15, -0.1) is 0 Å². The van der Waals surface area contributed by atoms with Gasteiger partial charge < -0.3 is 14.8 Å². The number of carbonyl (C=O) groups excluding carboxylic acids is 1. The fourth-order valence-electron chi connectivity index (χ4n) is 3.07. The molecule has 0 bridgehead atoms. The van der Waals surface area contributed by atoms with Crippen LogP contribution in [0.25, 0.3) is 10.9 Å². The molecule has 4 rings (SSSR count). The van der Waals surface area contributed by atoms with Crippen LogP contribution in [0.15, 0.2) is 78.0 Å². The monoisotopic (exact) mass is 431 g/mol. The molecule has 0 saturated heterocycles. The van der Waals surface area contributed by atoms with Gasteiger partial charge in [0.2, 0.25) is 0 Å². The number of rotatable bonds is 8. The van der Waals surface area contributed by atoms with Crippen molar-refractivity contribution in [3.63, 3.8) is 0 Å². The largest absolute Gasteiger partial charge is 0.497 e. The number of anilines is 2. The number of methoxy groups -OCH3 is 2. The second-order valence-electron chi connectivity index (χ2n) is 6.68. The molecule has 0 atom stereocenters. The maximum atomic E-state index is 12.5. The molecule has 1 heterocycles. The van der Waals surface area contributed by atoms with Crippen LogP contribution in [0, 0.1) is 0 Å². The molecule has 1 aromatic heterocycles. The van der Waals surface area contributed by atoms with E-state index < -0.39 is 0 Å². The Bertz CT molecular complexity index is 1190. The van der Waals surface area contributed by atoms with Gasteiger partial charge in [-0.25, -0.2) is 9.97 Å². The van der Waals surface area contributed by atoms with Gasteiger partial charge in [0.25, 0.3) is 0 Å². The number of benzene rings is 3. The van der Waals surface area contributed by atoms with Crippen molar-refractivity contribution in [1.29, 1.82) is 0 Å². The van der Waals surface area contributed by atoms with Gasteiger partial charge in [-0.2, -0.15) is 0 Å². The Kier molecular flexibility index (Phi) is 6.33. The first-order valence-electron chi connectivity index (χ1n) is 9.64. The van der Waals surface area contributed by atoms with E-state index in [-0.39, 0.29) is 11.5 Å². The van der Waals surface area contributed by atoms with E-state index in [9.17, 15) is 4.79 Å². The number of carbonyl (C=O) groups is 1. The lowest BCUT2D eigenvalue weighted by Crippen LogP contribution is -2.04. The maximum absolute atomic E-state index is 12.5. The van der Waals surface area contributed by atoms with Gasteiger partial charge in [-0.05, 0) is 12.1 Å². The summed E-state index contributed by atoms with van der Waals surface area (Å²) in [6.07, 6.45) is 0. The van der Waals surface area contributed by atoms with E-state index in [2.05, 4.69) is 15.3 Å². The van der Waals surface area contributed by atoms with Gasteiger partial charge in [0, 0.05) is 34.8 Å². The molecule has 0 aliphatic rings. The van der Waals surface area contributed by atoms with Crippen molar-refractivity contribution < 1.29 is 14.3 Å². The Morgan fingerprint density at radius 3 is 2.29 bits per heavy atom. The molecule has 0 amide bonds. The molecule has 0 radical (unpaired) electrons. The SMILES string of the molecule is COc1cc(Nc2nc(SCC(=O)c3ccccc3)nc3ccccc23)cc(OC)c1. The minimum atomic E-state index is 0.0365. The lowest BCUT2D eigenvalue weighted by atomic mass is 10.2. The Balaban J connectivity index is 1.63. The lowest BCUT2D eigenvalue weighted by molar-refractivity contribution is 0.102. The Morgan fingerprint density at radius 2 is 1.58 bits per heavy atom. The molecule has 3 aromatic carbocycles. The number of ketones is 1. The highest BCUT2D eigenvalue weighted by molar-refractivity contribution is 7.99. The summed E-state index contributed by atoms with van der Waals surface area (Å²) in [5, 5.41) is 4.75. The Morgan fingerprint density at radius 1 is 0.903 bits per heavy atom. The molecular weight excluding hydrogens is 410 g/mol. The van der Waals surface area contributed by atoms with Crippen LogP contribution in [0.1, 0.15) is 10.4 Å². The zero-order valence-corrected chi connectivity index (χ0v) is 18.0. The third-order valence-corrected chi connectivity index (χ3v) is 5.47. The minimum absolute atomic E-state index is 0.0365. The summed E-state index contributed by atoms with van der Waals surface area (Å²) in [6.45, 7) is 0. The smallest absolute Gasteiger partial charge is 0.190 e. The van der Waals surface area contributed by atoms with Crippen molar-refractivity contribution in [3.8, 4) is 11.5 Å². The number of para-hydroxylation sites is 1. The summed E-state index contributed by atoms with van der Waals surface area (Å²) >= 11 is 1.32. The van der Waals surface area contributed by atoms with E-state index in [0.717, 1.165) is 16.6 Å². The molecule has 0 spiro atoms. The first kappa shape index (κ1) is 20.7. The molecule has 0 fully saturated rings. The minimum Gasteiger partial charge on any atom is -0.497 e. The average molecular weight is 432 g/mol. The van der Waals surface area contributed by atoms with Gasteiger partial charge in [0.1, 0.15) is 17.3 Å². The zero-order valence-electron chi connectivity index (χ0n) is 17.2. The van der Waals surface area contributed by atoms with Crippen LogP contribution >= 0.6 is 11.8 Å². The zero-order chi connectivity index (χ0) is 21.6. The molecule has 7 heteroatoms. The first-order valence-corrected chi connectivity index (χ1v) is 10.6. The predicted molar refractivity (Wildman–Crippen MR) is 124 cm³/mol. The number of ether oxygens (including phenoxy) is 2. The van der Waals surface area contributed by atoms with E-state index in [1.165, 1.54) is 11.8 Å². The van der Waals surface area contributed by atoms with Crippen LogP contribution in [-0.2, 0) is 0 Å². The fraction of sp³-hybridized carbons (Fsp3) is 0.125. The number of Topliss-reactive ketones (excluding diaryl/α,β-unsaturated/α-hetero) is 1. The normalized spacial score (nSPS) is 10.6. The summed E-state index contributed by atoms with van der Waals surface area (Å²) in [7, 11) is 3.22. The quantitative estimate of drug-likeness (QED) is 0.228. The van der Waals surface area contributed by atoms with Gasteiger partial charge in [0.15, 0.2) is 10.9 Å². The molecule has 4 aromatic rings. The van der Waals surface area contributed by atoms with Gasteiger partial charge in [-0.1, -0.05) is 54.2 Å². The van der Waals surface area contributed by atoms with E-state index in [4.69, 9.17) is 9.47 Å². The van der Waals surface area contributed by atoms with Crippen molar-refractivity contribution >= 4 is 40.0 Å². The summed E-state index contributed by atoms with van der Waals surface area (Å²) in [5.41, 5.74) is 2.25. The van der Waals surface area contributed by atoms with Crippen LogP contribution in [0.4, 0.5) is 11.5 Å². The molecule has 0 aliphatic carbocycles. The summed E-state index contributed by atoms with van der Waals surface area (Å²) in [4.78, 5) is 21.8. The highest BCUT2D eigenvalue weighted by Gasteiger charge is 2.12. The molecule has 0 unspecified atom stereocenters. The molecule has 1 N–H and O–H groups in total. The molecule has 31 heavy (non-hydrogen) atoms. The molecule has 0 aliphatic heterocycles. The first-order chi connectivity index (χ1) is 15.2. The van der Waals surface area contributed by atoms with E-state index in [1.54, 1.807) is 20.3 Å². The maximum Gasteiger partial charge on any atom is 0.190 e. The third-order valence-electron chi connectivity index (χ3n) is 4.63. The molecule has 6 nitrogen and oxygen atoms in total. The second-order valence-corrected chi connectivity index (χ2v) is 7.62. The van der Waals surface area contributed by atoms with Crippen molar-refractivity contribution in [2.24, 2.45) is 0 Å². The average Bonchev–Trinajstić information content (AvgIpc) is 2.82. The highest BCUT2D eigenvalue weighted by atomic mass is 32.2. The van der Waals surface area contributed by atoms with Gasteiger partial charge in [0.05, 0.1) is 25.5 Å². The van der Waals surface area contributed by atoms with E-state index in [0.29, 0.717) is 28.0 Å². The number of hydrogen-bond donors (Lipinski definition) is 1. The summed E-state index contributed by atoms with van der Waals surface area (Å²) in [6, 6.07) is 22.5. The number of nitrogens with one attached hydrogen (secondary N) is 1. The van der Waals surface area contributed by atoms with E-state index >= 15 is 0 Å². The standard InChI is InChI=1S/C24H21N3O3S/c1-29-18-12-17(13-19(14-18)30-2)25-23-20-10-6-7-11-21(20)26-24(27-23)31-15-22(28)16-8-4-3-5-9-16/h3-14H,15H2,1-2H3,(H,25,26,27). The third kappa shape index (κ3) is 4.95. The van der Waals surface area contributed by atoms with Crippen molar-refractivity contribution in [2.45, 2.75) is 5.16 Å². The number of aromatic nitrogens is 2. The molecule has 0 saturated carbocycles. The van der Waals surface area contributed by atoms with Crippen LogP contribution in [-0.4, -0.2) is 35.7 Å². The Hall–Kier alpha value is -3.58. The van der Waals surface area contributed by atoms with E-state index in [1.807, 2.05) is 66.7 Å². The highest BCUT2D eigenvalue weighted by Crippen LogP contribution is 2.31. The van der Waals surface area contributed by atoms with Crippen molar-refractivity contribution in [1.82, 2.24) is 9.97 Å². The topological polar surface area (TPSA) is 73.3 Å². The van der Waals surface area contributed by atoms with Gasteiger partial charge in [-0.3, -0.25) is 4.79 Å². The number of fused-ring (bicyclic) bond motifs is 1. The van der Waals surface area contributed by atoms with Crippen LogP contribution in [0.5, 0.6) is 11.5 Å². The van der Waals surface area contributed by atoms with Crippen molar-refractivity contribution in [2.75, 3.05) is 25.3 Å². The number of hydrogen-bond acceptors (Lipinski definition) is 7. The second kappa shape index (κ2) is 9.49. The summed E-state index contributed by atoms with van der Waals surface area (Å²) < 4.78 is 10.7. The summed E-state index contributed by atoms with van der Waals surface area (Å²) in [5.74, 6) is 2.28. The number of thioether (sulfide) groups is 1. The molecular formula is C24H21N3O3S. The molecule has 156 valence electrons. The predicted octanol–water partition coefficient (Wildman–Crippen LogP) is 5.37. The van der Waals surface area contributed by atoms with Gasteiger partial charge >= 0.3 is 0 Å².